The highest BCUT2D eigenvalue weighted by Gasteiger charge is 2.56. The number of hydrogen-bond donors (Lipinski definition) is 0. The summed E-state index contributed by atoms with van der Waals surface area (Å²) in [5.74, 6) is 0. The Morgan fingerprint density at radius 3 is 2.29 bits per heavy atom. The summed E-state index contributed by atoms with van der Waals surface area (Å²) in [4.78, 5) is 0. The van der Waals surface area contributed by atoms with E-state index in [2.05, 4.69) is 81.7 Å². The minimum Gasteiger partial charge on any atom is -0.190 e. The Balaban J connectivity index is 2.47. The van der Waals surface area contributed by atoms with Crippen LogP contribution in [0.2, 0.25) is 0 Å². The molecule has 1 nitrogen and oxygen atoms in total. The monoisotopic (exact) mass is 280 g/mol. The van der Waals surface area contributed by atoms with E-state index in [-0.39, 0.29) is 11.0 Å². The van der Waals surface area contributed by atoms with Crippen molar-refractivity contribution in [3.05, 3.63) is 53.7 Å². The van der Waals surface area contributed by atoms with Crippen LogP contribution in [0, 0.1) is 6.92 Å². The van der Waals surface area contributed by atoms with Crippen molar-refractivity contribution >= 4 is 0 Å². The van der Waals surface area contributed by atoms with Crippen molar-refractivity contribution in [1.29, 1.82) is 0 Å². The van der Waals surface area contributed by atoms with Crippen molar-refractivity contribution in [3.8, 4) is 11.3 Å². The maximum atomic E-state index is 2.58. The molecule has 1 aliphatic rings. The van der Waals surface area contributed by atoms with Gasteiger partial charge >= 0.3 is 0 Å². The third kappa shape index (κ3) is 1.67. The Bertz CT molecular complexity index is 688. The van der Waals surface area contributed by atoms with Gasteiger partial charge in [0.1, 0.15) is 0 Å². The first-order valence-electron chi connectivity index (χ1n) is 8.11. The first-order valence-corrected chi connectivity index (χ1v) is 8.11. The third-order valence-corrected chi connectivity index (χ3v) is 6.06. The summed E-state index contributed by atoms with van der Waals surface area (Å²) in [5.41, 5.74) is 5.88. The van der Waals surface area contributed by atoms with Gasteiger partial charge in [-0.25, -0.2) is 0 Å². The Labute approximate surface area is 128 Å². The van der Waals surface area contributed by atoms with Gasteiger partial charge < -0.3 is 0 Å². The number of benzene rings is 1. The second-order valence-corrected chi connectivity index (χ2v) is 6.75. The number of aryl methyl sites for hydroxylation is 1. The maximum Gasteiger partial charge on any atom is 0.213 e. The quantitative estimate of drug-likeness (QED) is 0.699. The average molecular weight is 280 g/mol. The van der Waals surface area contributed by atoms with Gasteiger partial charge in [0.25, 0.3) is 0 Å². The molecule has 0 saturated heterocycles. The van der Waals surface area contributed by atoms with E-state index in [1.54, 1.807) is 0 Å². The molecule has 3 rings (SSSR count). The number of fused-ring (bicyclic) bond motifs is 3. The fourth-order valence-corrected chi connectivity index (χ4v) is 4.33. The number of pyridine rings is 1. The molecule has 2 aromatic rings. The molecule has 0 amide bonds. The summed E-state index contributed by atoms with van der Waals surface area (Å²) in [5, 5.41) is 0. The molecule has 0 radical (unpaired) electrons. The predicted octanol–water partition coefficient (Wildman–Crippen LogP) is 4.76. The summed E-state index contributed by atoms with van der Waals surface area (Å²) in [6.07, 6.45) is 2.28. The number of aromatic nitrogens is 1. The highest BCUT2D eigenvalue weighted by atomic mass is 15.1. The van der Waals surface area contributed by atoms with E-state index < -0.39 is 0 Å². The van der Waals surface area contributed by atoms with E-state index in [0.717, 1.165) is 12.8 Å². The lowest BCUT2D eigenvalue weighted by molar-refractivity contribution is -0.770. The molecule has 21 heavy (non-hydrogen) atoms. The number of rotatable bonds is 2. The number of hydrogen-bond acceptors (Lipinski definition) is 0. The SMILES string of the molecule is CCC1(C)c2ccccc2-c2cccc(C)[n+]2C1(C)CC. The van der Waals surface area contributed by atoms with E-state index in [4.69, 9.17) is 0 Å². The zero-order valence-corrected chi connectivity index (χ0v) is 13.9. The van der Waals surface area contributed by atoms with Gasteiger partial charge in [-0.1, -0.05) is 32.0 Å². The van der Waals surface area contributed by atoms with E-state index in [9.17, 15) is 0 Å². The molecule has 2 atom stereocenters. The van der Waals surface area contributed by atoms with E-state index in [0.29, 0.717) is 0 Å². The fraction of sp³-hybridized carbons (Fsp3) is 0.450. The molecule has 2 heterocycles. The van der Waals surface area contributed by atoms with Crippen molar-refractivity contribution in [2.24, 2.45) is 0 Å². The Morgan fingerprint density at radius 1 is 0.905 bits per heavy atom. The lowest BCUT2D eigenvalue weighted by atomic mass is 9.60. The molecule has 2 unspecified atom stereocenters. The Hall–Kier alpha value is -1.63. The molecule has 0 bridgehead atoms. The maximum absolute atomic E-state index is 2.58. The van der Waals surface area contributed by atoms with Crippen LogP contribution in [0.4, 0.5) is 0 Å². The van der Waals surface area contributed by atoms with Crippen LogP contribution >= 0.6 is 0 Å². The van der Waals surface area contributed by atoms with Gasteiger partial charge in [0.2, 0.25) is 5.69 Å². The van der Waals surface area contributed by atoms with Crippen LogP contribution in [-0.2, 0) is 11.0 Å². The van der Waals surface area contributed by atoms with E-state index >= 15 is 0 Å². The highest BCUT2D eigenvalue weighted by Crippen LogP contribution is 2.49. The molecule has 0 N–H and O–H groups in total. The van der Waals surface area contributed by atoms with Crippen molar-refractivity contribution < 1.29 is 4.57 Å². The van der Waals surface area contributed by atoms with Crippen LogP contribution in [-0.4, -0.2) is 0 Å². The lowest BCUT2D eigenvalue weighted by Crippen LogP contribution is -2.68. The second-order valence-electron chi connectivity index (χ2n) is 6.75. The van der Waals surface area contributed by atoms with Crippen LogP contribution in [0.1, 0.15) is 51.8 Å². The highest BCUT2D eigenvalue weighted by molar-refractivity contribution is 5.65. The van der Waals surface area contributed by atoms with Gasteiger partial charge in [0.05, 0.1) is 11.0 Å². The van der Waals surface area contributed by atoms with Crippen LogP contribution in [0.5, 0.6) is 0 Å². The summed E-state index contributed by atoms with van der Waals surface area (Å²) in [6.45, 7) is 11.8. The third-order valence-electron chi connectivity index (χ3n) is 6.06. The minimum absolute atomic E-state index is 0.108. The van der Waals surface area contributed by atoms with Gasteiger partial charge in [-0.15, -0.1) is 0 Å². The standard InChI is InChI=1S/C20H26N/c1-6-19(4)17-13-9-8-12-16(17)18-14-10-11-15(3)21(18)20(19,5)7-2/h8-14H,6-7H2,1-5H3/q+1. The van der Waals surface area contributed by atoms with Crippen molar-refractivity contribution in [1.82, 2.24) is 0 Å². The van der Waals surface area contributed by atoms with Crippen LogP contribution in [0.25, 0.3) is 11.3 Å². The fourth-order valence-electron chi connectivity index (χ4n) is 4.33. The second kappa shape index (κ2) is 4.69. The lowest BCUT2D eigenvalue weighted by Gasteiger charge is -2.46. The zero-order valence-electron chi connectivity index (χ0n) is 13.9. The van der Waals surface area contributed by atoms with Gasteiger partial charge in [-0.2, -0.15) is 4.57 Å². The molecule has 1 heteroatoms. The molecule has 110 valence electrons. The normalized spacial score (nSPS) is 27.1. The van der Waals surface area contributed by atoms with Gasteiger partial charge in [-0.3, -0.25) is 0 Å². The molecule has 1 aliphatic heterocycles. The van der Waals surface area contributed by atoms with Gasteiger partial charge in [0, 0.05) is 32.4 Å². The first-order chi connectivity index (χ1) is 9.99. The molecular weight excluding hydrogens is 254 g/mol. The van der Waals surface area contributed by atoms with Gasteiger partial charge in [-0.05, 0) is 31.0 Å². The van der Waals surface area contributed by atoms with Crippen LogP contribution in [0.15, 0.2) is 42.5 Å². The molecule has 0 saturated carbocycles. The van der Waals surface area contributed by atoms with Gasteiger partial charge in [0.15, 0.2) is 11.2 Å². The average Bonchev–Trinajstić information content (AvgIpc) is 2.52. The summed E-state index contributed by atoms with van der Waals surface area (Å²) < 4.78 is 2.58. The smallest absolute Gasteiger partial charge is 0.190 e. The molecule has 1 aromatic heterocycles. The van der Waals surface area contributed by atoms with Crippen LogP contribution < -0.4 is 4.57 Å². The minimum atomic E-state index is 0.108. The largest absolute Gasteiger partial charge is 0.213 e. The first kappa shape index (κ1) is 14.3. The Kier molecular flexibility index (Phi) is 3.20. The van der Waals surface area contributed by atoms with Crippen molar-refractivity contribution in [2.75, 3.05) is 0 Å². The molecule has 0 aliphatic carbocycles. The zero-order chi connectivity index (χ0) is 15.3. The summed E-state index contributed by atoms with van der Waals surface area (Å²) in [7, 11) is 0. The van der Waals surface area contributed by atoms with Crippen LogP contribution in [0.3, 0.4) is 0 Å². The van der Waals surface area contributed by atoms with Crippen molar-refractivity contribution in [2.45, 2.75) is 58.4 Å². The topological polar surface area (TPSA) is 3.88 Å². The Morgan fingerprint density at radius 2 is 1.62 bits per heavy atom. The predicted molar refractivity (Wildman–Crippen MR) is 88.4 cm³/mol. The molecule has 0 spiro atoms. The summed E-state index contributed by atoms with van der Waals surface area (Å²) in [6, 6.07) is 15.7. The van der Waals surface area contributed by atoms with E-state index in [1.807, 2.05) is 0 Å². The van der Waals surface area contributed by atoms with E-state index in [1.165, 1.54) is 22.5 Å². The molecule has 0 fully saturated rings. The number of nitrogens with zero attached hydrogens (tertiary/aromatic N) is 1. The molecular formula is C20H26N+. The molecule has 1 aromatic carbocycles. The summed E-state index contributed by atoms with van der Waals surface area (Å²) >= 11 is 0. The van der Waals surface area contributed by atoms with Crippen molar-refractivity contribution in [3.63, 3.8) is 0 Å².